The van der Waals surface area contributed by atoms with Gasteiger partial charge in [0.05, 0.1) is 16.9 Å². The number of H-pyrrole nitrogens is 1. The lowest BCUT2D eigenvalue weighted by molar-refractivity contribution is 0.452. The van der Waals surface area contributed by atoms with Gasteiger partial charge in [0.25, 0.3) is 0 Å². The molecule has 2 radical (unpaired) electrons. The van der Waals surface area contributed by atoms with E-state index < -0.39 is 0 Å². The normalized spacial score (nSPS) is 10.7. The second kappa shape index (κ2) is 5.18. The molecule has 0 saturated carbocycles. The quantitative estimate of drug-likeness (QED) is 0.637. The van der Waals surface area contributed by atoms with Crippen molar-refractivity contribution in [2.24, 2.45) is 0 Å². The van der Waals surface area contributed by atoms with Crippen LogP contribution in [0.1, 0.15) is 0 Å². The molecule has 0 bridgehead atoms. The van der Waals surface area contributed by atoms with Crippen molar-refractivity contribution in [2.75, 3.05) is 0 Å². The molecule has 6 heteroatoms. The summed E-state index contributed by atoms with van der Waals surface area (Å²) in [6.07, 6.45) is 1.63. The predicted octanol–water partition coefficient (Wildman–Crippen LogP) is 2.60. The maximum Gasteiger partial charge on any atom is 0.137 e. The number of aromatic amines is 1. The second-order valence-corrected chi connectivity index (χ2v) is 4.97. The van der Waals surface area contributed by atoms with Crippen LogP contribution in [0.5, 0.6) is 11.5 Å². The van der Waals surface area contributed by atoms with E-state index in [9.17, 15) is 10.2 Å². The first-order chi connectivity index (χ1) is 10.1. The number of halogens is 1. The van der Waals surface area contributed by atoms with Crippen molar-refractivity contribution in [1.82, 2.24) is 10.2 Å². The van der Waals surface area contributed by atoms with Crippen LogP contribution in [-0.4, -0.2) is 28.3 Å². The molecule has 1 heterocycles. The Morgan fingerprint density at radius 3 is 2.52 bits per heavy atom. The molecule has 3 aromatic rings. The summed E-state index contributed by atoms with van der Waals surface area (Å²) in [7, 11) is 5.98. The lowest BCUT2D eigenvalue weighted by atomic mass is 9.86. The Morgan fingerprint density at radius 1 is 1.00 bits per heavy atom. The van der Waals surface area contributed by atoms with Gasteiger partial charge in [-0.1, -0.05) is 41.3 Å². The van der Waals surface area contributed by atoms with Gasteiger partial charge < -0.3 is 10.2 Å². The third kappa shape index (κ3) is 2.36. The van der Waals surface area contributed by atoms with Crippen molar-refractivity contribution in [1.29, 1.82) is 0 Å². The van der Waals surface area contributed by atoms with Crippen LogP contribution in [0.15, 0.2) is 42.6 Å². The number of benzene rings is 2. The summed E-state index contributed by atoms with van der Waals surface area (Å²) in [6, 6.07) is 10.0. The molecule has 1 aromatic heterocycles. The van der Waals surface area contributed by atoms with Gasteiger partial charge in [-0.2, -0.15) is 5.10 Å². The Hall–Kier alpha value is -2.40. The van der Waals surface area contributed by atoms with Crippen LogP contribution in [0.4, 0.5) is 0 Å². The van der Waals surface area contributed by atoms with Crippen molar-refractivity contribution in [2.45, 2.75) is 0 Å². The fourth-order valence-electron chi connectivity index (χ4n) is 2.19. The third-order valence-corrected chi connectivity index (χ3v) is 3.53. The van der Waals surface area contributed by atoms with Crippen LogP contribution in [0, 0.1) is 0 Å². The molecule has 3 rings (SSSR count). The number of nitrogens with zero attached hydrogens (tertiary/aromatic N) is 1. The molecular weight excluding hydrogens is 286 g/mol. The fraction of sp³-hybridized carbons (Fsp3) is 0. The predicted molar refractivity (Wildman–Crippen MR) is 83.2 cm³/mol. The molecule has 0 aliphatic heterocycles. The Kier molecular flexibility index (Phi) is 3.35. The molecule has 0 atom stereocenters. The maximum atomic E-state index is 10.0. The first-order valence-corrected chi connectivity index (χ1v) is 6.56. The van der Waals surface area contributed by atoms with E-state index in [2.05, 4.69) is 10.2 Å². The van der Waals surface area contributed by atoms with E-state index >= 15 is 0 Å². The van der Waals surface area contributed by atoms with Crippen LogP contribution < -0.4 is 5.46 Å². The number of hydrogen-bond acceptors (Lipinski definition) is 3. The van der Waals surface area contributed by atoms with Gasteiger partial charge in [0.1, 0.15) is 19.3 Å². The maximum absolute atomic E-state index is 10.0. The minimum atomic E-state index is -0.182. The van der Waals surface area contributed by atoms with Gasteiger partial charge in [-0.25, -0.2) is 0 Å². The number of nitrogens with one attached hydrogen (secondary N) is 1. The number of rotatable bonds is 2. The van der Waals surface area contributed by atoms with E-state index in [1.165, 1.54) is 12.1 Å². The Morgan fingerprint density at radius 2 is 1.76 bits per heavy atom. The van der Waals surface area contributed by atoms with Gasteiger partial charge in [0.2, 0.25) is 0 Å². The average molecular weight is 297 g/mol. The molecule has 3 N–H and O–H groups in total. The first-order valence-electron chi connectivity index (χ1n) is 6.18. The zero-order valence-corrected chi connectivity index (χ0v) is 11.6. The fourth-order valence-corrected chi connectivity index (χ4v) is 2.35. The monoisotopic (exact) mass is 296 g/mol. The van der Waals surface area contributed by atoms with Crippen molar-refractivity contribution in [3.63, 3.8) is 0 Å². The highest BCUT2D eigenvalue weighted by molar-refractivity contribution is 6.36. The Labute approximate surface area is 127 Å². The molecule has 0 unspecified atom stereocenters. The number of phenolic OH excluding ortho intramolecular Hbond substituents is 2. The van der Waals surface area contributed by atoms with E-state index in [0.29, 0.717) is 16.7 Å². The molecule has 102 valence electrons. The highest BCUT2D eigenvalue weighted by atomic mass is 35.5. The van der Waals surface area contributed by atoms with Crippen LogP contribution in [0.3, 0.4) is 0 Å². The molecular formula is C15H10BClN2O2. The molecule has 21 heavy (non-hydrogen) atoms. The minimum Gasteiger partial charge on any atom is -0.507 e. The lowest BCUT2D eigenvalue weighted by Gasteiger charge is -2.09. The largest absolute Gasteiger partial charge is 0.507 e. The molecule has 2 aromatic carbocycles. The summed E-state index contributed by atoms with van der Waals surface area (Å²) in [5.41, 5.74) is 3.15. The van der Waals surface area contributed by atoms with E-state index in [1.54, 1.807) is 12.3 Å². The zero-order valence-electron chi connectivity index (χ0n) is 10.8. The summed E-state index contributed by atoms with van der Waals surface area (Å²) >= 11 is 5.91. The molecule has 0 saturated heterocycles. The van der Waals surface area contributed by atoms with E-state index in [1.807, 2.05) is 18.2 Å². The summed E-state index contributed by atoms with van der Waals surface area (Å²) in [5.74, 6) is -0.282. The summed E-state index contributed by atoms with van der Waals surface area (Å²) in [6.45, 7) is 0. The SMILES string of the molecule is [B]c1ccccc1-c1cn[nH]c1-c1cc(Cl)c(O)cc1O. The van der Waals surface area contributed by atoms with Crippen molar-refractivity contribution >= 4 is 24.9 Å². The first kappa shape index (κ1) is 13.6. The van der Waals surface area contributed by atoms with E-state index in [0.717, 1.165) is 11.1 Å². The Balaban J connectivity index is 2.21. The van der Waals surface area contributed by atoms with Crippen LogP contribution in [0.2, 0.25) is 5.02 Å². The van der Waals surface area contributed by atoms with Crippen LogP contribution in [-0.2, 0) is 0 Å². The van der Waals surface area contributed by atoms with Gasteiger partial charge in [-0.3, -0.25) is 5.10 Å². The van der Waals surface area contributed by atoms with Crippen molar-refractivity contribution in [3.8, 4) is 33.9 Å². The van der Waals surface area contributed by atoms with E-state index in [4.69, 9.17) is 19.4 Å². The van der Waals surface area contributed by atoms with Gasteiger partial charge in [-0.05, 0) is 11.6 Å². The minimum absolute atomic E-state index is 0.100. The molecule has 0 spiro atoms. The summed E-state index contributed by atoms with van der Waals surface area (Å²) < 4.78 is 0. The molecule has 0 aliphatic carbocycles. The molecule has 0 amide bonds. The highest BCUT2D eigenvalue weighted by Crippen LogP contribution is 2.39. The third-order valence-electron chi connectivity index (χ3n) is 3.22. The highest BCUT2D eigenvalue weighted by Gasteiger charge is 2.16. The van der Waals surface area contributed by atoms with Gasteiger partial charge in [0, 0.05) is 17.2 Å². The Bertz CT molecular complexity index is 817. The average Bonchev–Trinajstić information content (AvgIpc) is 2.92. The zero-order chi connectivity index (χ0) is 15.0. The van der Waals surface area contributed by atoms with Crippen molar-refractivity contribution < 1.29 is 10.2 Å². The number of aromatic hydroxyl groups is 2. The lowest BCUT2D eigenvalue weighted by Crippen LogP contribution is -2.05. The van der Waals surface area contributed by atoms with Crippen LogP contribution >= 0.6 is 11.6 Å². The summed E-state index contributed by atoms with van der Waals surface area (Å²) in [5, 5.41) is 26.5. The topological polar surface area (TPSA) is 69.1 Å². The van der Waals surface area contributed by atoms with Gasteiger partial charge in [0.15, 0.2) is 0 Å². The van der Waals surface area contributed by atoms with Crippen molar-refractivity contribution in [3.05, 3.63) is 47.6 Å². The van der Waals surface area contributed by atoms with Gasteiger partial charge in [-0.15, -0.1) is 0 Å². The number of aromatic nitrogens is 2. The van der Waals surface area contributed by atoms with Gasteiger partial charge >= 0.3 is 0 Å². The number of phenols is 2. The second-order valence-electron chi connectivity index (χ2n) is 4.57. The molecule has 0 aliphatic rings. The molecule has 4 nitrogen and oxygen atoms in total. The molecule has 0 fully saturated rings. The van der Waals surface area contributed by atoms with Crippen LogP contribution in [0.25, 0.3) is 22.4 Å². The number of hydrogen-bond donors (Lipinski definition) is 3. The van der Waals surface area contributed by atoms with E-state index in [-0.39, 0.29) is 16.5 Å². The standard InChI is InChI=1S/C15H10BClN2O2/c16-11-4-2-1-3-8(11)10-7-18-19-15(10)9-5-12(17)14(21)6-13(9)20/h1-7,20-21H,(H,18,19). The smallest absolute Gasteiger partial charge is 0.137 e. The summed E-state index contributed by atoms with van der Waals surface area (Å²) in [4.78, 5) is 0.